The van der Waals surface area contributed by atoms with Gasteiger partial charge in [0.2, 0.25) is 0 Å². The molecule has 1 aromatic carbocycles. The van der Waals surface area contributed by atoms with Crippen molar-refractivity contribution < 1.29 is 4.74 Å². The summed E-state index contributed by atoms with van der Waals surface area (Å²) in [7, 11) is 0. The fourth-order valence-electron chi connectivity index (χ4n) is 1.81. The third-order valence-electron chi connectivity index (χ3n) is 2.93. The van der Waals surface area contributed by atoms with Gasteiger partial charge in [0.25, 0.3) is 0 Å². The first-order valence-corrected chi connectivity index (χ1v) is 7.19. The number of halogens is 1. The fraction of sp³-hybridized carbons (Fsp3) is 0.571. The molecule has 1 aromatic rings. The molecule has 2 nitrogen and oxygen atoms in total. The maximum Gasteiger partial charge on any atom is 0.120 e. The zero-order chi connectivity index (χ0) is 12.1. The first-order chi connectivity index (χ1) is 8.24. The smallest absolute Gasteiger partial charge is 0.120 e. The highest BCUT2D eigenvalue weighted by atomic mass is 79.9. The van der Waals surface area contributed by atoms with Gasteiger partial charge in [-0.15, -0.1) is 0 Å². The van der Waals surface area contributed by atoms with Crippen LogP contribution in [0.2, 0.25) is 0 Å². The Hall–Kier alpha value is -0.540. The van der Waals surface area contributed by atoms with Crippen molar-refractivity contribution in [2.24, 2.45) is 0 Å². The maximum absolute atomic E-state index is 5.86. The van der Waals surface area contributed by atoms with E-state index in [1.165, 1.54) is 19.3 Å². The normalized spacial score (nSPS) is 16.8. The monoisotopic (exact) mass is 297 g/mol. The summed E-state index contributed by atoms with van der Waals surface area (Å²) in [4.78, 5) is 0. The molecule has 2 rings (SSSR count). The minimum atomic E-state index is 0.283. The highest BCUT2D eigenvalue weighted by Crippen LogP contribution is 2.20. The van der Waals surface area contributed by atoms with Gasteiger partial charge in [0.1, 0.15) is 5.75 Å². The van der Waals surface area contributed by atoms with Crippen molar-refractivity contribution in [3.8, 4) is 5.75 Å². The fourth-order valence-corrected chi connectivity index (χ4v) is 2.19. The van der Waals surface area contributed by atoms with E-state index in [1.807, 2.05) is 24.3 Å². The van der Waals surface area contributed by atoms with Gasteiger partial charge in [-0.2, -0.15) is 0 Å². The van der Waals surface area contributed by atoms with Crippen LogP contribution in [0.25, 0.3) is 0 Å². The number of hydrogen-bond acceptors (Lipinski definition) is 2. The molecule has 0 bridgehead atoms. The van der Waals surface area contributed by atoms with Gasteiger partial charge in [-0.25, -0.2) is 0 Å². The lowest BCUT2D eigenvalue weighted by molar-refractivity contribution is 0.207. The van der Waals surface area contributed by atoms with E-state index in [9.17, 15) is 0 Å². The van der Waals surface area contributed by atoms with Crippen molar-refractivity contribution in [2.45, 2.75) is 44.8 Å². The predicted molar refractivity (Wildman–Crippen MR) is 74.5 cm³/mol. The second-order valence-corrected chi connectivity index (χ2v) is 5.67. The van der Waals surface area contributed by atoms with Crippen molar-refractivity contribution in [2.75, 3.05) is 6.54 Å². The summed E-state index contributed by atoms with van der Waals surface area (Å²) in [5, 5.41) is 3.52. The lowest BCUT2D eigenvalue weighted by atomic mass is 10.2. The van der Waals surface area contributed by atoms with Crippen LogP contribution in [-0.4, -0.2) is 18.7 Å². The summed E-state index contributed by atoms with van der Waals surface area (Å²) in [6.45, 7) is 3.26. The van der Waals surface area contributed by atoms with Crippen molar-refractivity contribution in [3.63, 3.8) is 0 Å². The van der Waals surface area contributed by atoms with Crippen LogP contribution in [0.3, 0.4) is 0 Å². The number of rotatable bonds is 7. The van der Waals surface area contributed by atoms with Crippen molar-refractivity contribution in [1.29, 1.82) is 0 Å². The van der Waals surface area contributed by atoms with Crippen LogP contribution in [0, 0.1) is 0 Å². The maximum atomic E-state index is 5.86. The molecule has 0 radical (unpaired) electrons. The van der Waals surface area contributed by atoms with E-state index >= 15 is 0 Å². The van der Waals surface area contributed by atoms with Crippen LogP contribution in [0.4, 0.5) is 0 Å². The summed E-state index contributed by atoms with van der Waals surface area (Å²) < 4.78 is 6.93. The average Bonchev–Trinajstić information content (AvgIpc) is 3.08. The Morgan fingerprint density at radius 1 is 1.47 bits per heavy atom. The van der Waals surface area contributed by atoms with Crippen LogP contribution in [0.5, 0.6) is 5.75 Å². The lowest BCUT2D eigenvalue weighted by Gasteiger charge is -2.15. The lowest BCUT2D eigenvalue weighted by Crippen LogP contribution is -2.20. The number of hydrogen-bond donors (Lipinski definition) is 1. The van der Waals surface area contributed by atoms with Crippen molar-refractivity contribution >= 4 is 15.9 Å². The molecule has 0 aliphatic heterocycles. The Labute approximate surface area is 112 Å². The van der Waals surface area contributed by atoms with E-state index in [-0.39, 0.29) is 6.10 Å². The summed E-state index contributed by atoms with van der Waals surface area (Å²) in [5.41, 5.74) is 0. The third-order valence-corrected chi connectivity index (χ3v) is 3.42. The van der Waals surface area contributed by atoms with E-state index in [2.05, 4.69) is 28.2 Å². The molecule has 0 spiro atoms. The van der Waals surface area contributed by atoms with Crippen LogP contribution in [0.1, 0.15) is 32.6 Å². The third kappa shape index (κ3) is 5.09. The highest BCUT2D eigenvalue weighted by molar-refractivity contribution is 9.10. The molecule has 1 unspecified atom stereocenters. The van der Waals surface area contributed by atoms with Gasteiger partial charge in [0.05, 0.1) is 6.10 Å². The predicted octanol–water partition coefficient (Wildman–Crippen LogP) is 3.75. The second kappa shape index (κ2) is 6.41. The van der Waals surface area contributed by atoms with Gasteiger partial charge in [0, 0.05) is 10.5 Å². The molecular formula is C14H20BrNO. The van der Waals surface area contributed by atoms with Crippen molar-refractivity contribution in [1.82, 2.24) is 5.32 Å². The molecule has 3 heteroatoms. The van der Waals surface area contributed by atoms with Gasteiger partial charge in [-0.3, -0.25) is 0 Å². The first-order valence-electron chi connectivity index (χ1n) is 6.39. The Morgan fingerprint density at radius 3 is 3.00 bits per heavy atom. The SMILES string of the molecule is CC(CCCNC1CC1)Oc1cccc(Br)c1. The van der Waals surface area contributed by atoms with Crippen LogP contribution in [-0.2, 0) is 0 Å². The van der Waals surface area contributed by atoms with Gasteiger partial charge in [0.15, 0.2) is 0 Å². The quantitative estimate of drug-likeness (QED) is 0.774. The Bertz CT molecular complexity index is 352. The zero-order valence-corrected chi connectivity index (χ0v) is 11.9. The molecule has 1 N–H and O–H groups in total. The van der Waals surface area contributed by atoms with E-state index in [0.717, 1.165) is 29.2 Å². The molecule has 1 aliphatic carbocycles. The molecule has 0 heterocycles. The number of ether oxygens (including phenoxy) is 1. The minimum absolute atomic E-state index is 0.283. The topological polar surface area (TPSA) is 21.3 Å². The van der Waals surface area contributed by atoms with Crippen LogP contribution < -0.4 is 10.1 Å². The summed E-state index contributed by atoms with van der Waals surface area (Å²) in [6.07, 6.45) is 5.30. The molecule has 17 heavy (non-hydrogen) atoms. The molecular weight excluding hydrogens is 278 g/mol. The van der Waals surface area contributed by atoms with Crippen LogP contribution in [0.15, 0.2) is 28.7 Å². The van der Waals surface area contributed by atoms with E-state index < -0.39 is 0 Å². The van der Waals surface area contributed by atoms with E-state index in [0.29, 0.717) is 0 Å². The van der Waals surface area contributed by atoms with E-state index in [4.69, 9.17) is 4.74 Å². The molecule has 0 amide bonds. The molecule has 1 saturated carbocycles. The molecule has 0 saturated heterocycles. The van der Waals surface area contributed by atoms with Gasteiger partial charge in [-0.1, -0.05) is 22.0 Å². The summed E-state index contributed by atoms with van der Waals surface area (Å²) in [6, 6.07) is 8.84. The second-order valence-electron chi connectivity index (χ2n) is 4.76. The van der Waals surface area contributed by atoms with Gasteiger partial charge >= 0.3 is 0 Å². The molecule has 1 aliphatic rings. The molecule has 94 valence electrons. The Morgan fingerprint density at radius 2 is 2.29 bits per heavy atom. The molecule has 1 fully saturated rings. The van der Waals surface area contributed by atoms with Crippen molar-refractivity contribution in [3.05, 3.63) is 28.7 Å². The Kier molecular flexibility index (Phi) is 4.86. The average molecular weight is 298 g/mol. The zero-order valence-electron chi connectivity index (χ0n) is 10.3. The summed E-state index contributed by atoms with van der Waals surface area (Å²) in [5.74, 6) is 0.946. The number of nitrogens with one attached hydrogen (secondary N) is 1. The Balaban J connectivity index is 1.63. The van der Waals surface area contributed by atoms with Gasteiger partial charge < -0.3 is 10.1 Å². The first kappa shape index (κ1) is 12.9. The van der Waals surface area contributed by atoms with Gasteiger partial charge in [-0.05, 0) is 57.4 Å². The minimum Gasteiger partial charge on any atom is -0.491 e. The summed E-state index contributed by atoms with van der Waals surface area (Å²) >= 11 is 3.45. The van der Waals surface area contributed by atoms with E-state index in [1.54, 1.807) is 0 Å². The molecule has 0 aromatic heterocycles. The number of benzene rings is 1. The largest absolute Gasteiger partial charge is 0.491 e. The molecule has 1 atom stereocenters. The highest BCUT2D eigenvalue weighted by Gasteiger charge is 2.19. The standard InChI is InChI=1S/C14H20BrNO/c1-11(4-3-9-16-13-7-8-13)17-14-6-2-5-12(15)10-14/h2,5-6,10-11,13,16H,3-4,7-9H2,1H3. The van der Waals surface area contributed by atoms with Crippen LogP contribution >= 0.6 is 15.9 Å².